The first-order valence-electron chi connectivity index (χ1n) is 11.9. The summed E-state index contributed by atoms with van der Waals surface area (Å²) in [5.74, 6) is 0.395. The molecule has 0 atom stereocenters. The molecule has 2 aromatic heterocycles. The molecular weight excluding hydrogens is 429 g/mol. The number of nitrogens with one attached hydrogen (secondary N) is 2. The molecule has 2 aliphatic heterocycles. The quantitative estimate of drug-likeness (QED) is 0.473. The summed E-state index contributed by atoms with van der Waals surface area (Å²) < 4.78 is 13.5. The van der Waals surface area contributed by atoms with Gasteiger partial charge in [0.2, 0.25) is 0 Å². The van der Waals surface area contributed by atoms with Crippen molar-refractivity contribution < 1.29 is 4.39 Å². The van der Waals surface area contributed by atoms with Crippen molar-refractivity contribution in [3.05, 3.63) is 87.3 Å². The molecule has 0 saturated heterocycles. The van der Waals surface area contributed by atoms with Gasteiger partial charge in [0, 0.05) is 43.5 Å². The van der Waals surface area contributed by atoms with E-state index >= 15 is 0 Å². The van der Waals surface area contributed by atoms with E-state index in [0.717, 1.165) is 83.5 Å². The third-order valence-electron chi connectivity index (χ3n) is 6.87. The zero-order valence-corrected chi connectivity index (χ0v) is 18.9. The first kappa shape index (κ1) is 21.0. The molecule has 6 rings (SSSR count). The summed E-state index contributed by atoms with van der Waals surface area (Å²) in [6.45, 7) is 2.86. The van der Waals surface area contributed by atoms with Crippen LogP contribution in [0.3, 0.4) is 0 Å². The van der Waals surface area contributed by atoms with Gasteiger partial charge in [0.1, 0.15) is 5.82 Å². The SMILES string of the molecule is O=c1[nH]c(C2=NCCCC2)nc2c1CN(Cc1c(-c3ccc(F)cc3)[nH]c3ccccc13)CC2. The number of halogens is 1. The van der Waals surface area contributed by atoms with Gasteiger partial charge in [-0.1, -0.05) is 18.2 Å². The lowest BCUT2D eigenvalue weighted by Gasteiger charge is -2.28. The largest absolute Gasteiger partial charge is 0.354 e. The summed E-state index contributed by atoms with van der Waals surface area (Å²) >= 11 is 0. The average molecular weight is 456 g/mol. The second-order valence-electron chi connectivity index (χ2n) is 9.12. The Bertz CT molecular complexity index is 1450. The number of fused-ring (bicyclic) bond motifs is 2. The van der Waals surface area contributed by atoms with Crippen LogP contribution in [-0.2, 0) is 19.5 Å². The van der Waals surface area contributed by atoms with Crippen LogP contribution >= 0.6 is 0 Å². The normalized spacial score (nSPS) is 16.4. The molecule has 0 bridgehead atoms. The van der Waals surface area contributed by atoms with E-state index in [2.05, 4.69) is 32.0 Å². The molecule has 0 aliphatic carbocycles. The summed E-state index contributed by atoms with van der Waals surface area (Å²) in [5.41, 5.74) is 6.64. The summed E-state index contributed by atoms with van der Waals surface area (Å²) in [4.78, 5) is 31.2. The highest BCUT2D eigenvalue weighted by Crippen LogP contribution is 2.32. The number of H-pyrrole nitrogens is 2. The molecule has 2 aromatic carbocycles. The van der Waals surface area contributed by atoms with E-state index in [0.29, 0.717) is 18.9 Å². The number of rotatable bonds is 4. The molecule has 4 aromatic rings. The smallest absolute Gasteiger partial charge is 0.255 e. The predicted octanol–water partition coefficient (Wildman–Crippen LogP) is 4.59. The Kier molecular flexibility index (Phi) is 5.34. The molecule has 0 radical (unpaired) electrons. The third kappa shape index (κ3) is 3.86. The van der Waals surface area contributed by atoms with E-state index < -0.39 is 0 Å². The summed E-state index contributed by atoms with van der Waals surface area (Å²) in [7, 11) is 0. The van der Waals surface area contributed by atoms with Crippen LogP contribution in [0.1, 0.15) is 41.9 Å². The van der Waals surface area contributed by atoms with Crippen molar-refractivity contribution in [1.82, 2.24) is 19.9 Å². The monoisotopic (exact) mass is 455 g/mol. The minimum Gasteiger partial charge on any atom is -0.354 e. The van der Waals surface area contributed by atoms with Gasteiger partial charge in [-0.05, 0) is 60.7 Å². The minimum absolute atomic E-state index is 0.0596. The van der Waals surface area contributed by atoms with Crippen LogP contribution in [0.15, 0.2) is 58.3 Å². The average Bonchev–Trinajstić information content (AvgIpc) is 3.23. The van der Waals surface area contributed by atoms with Crippen LogP contribution < -0.4 is 5.56 Å². The van der Waals surface area contributed by atoms with Crippen molar-refractivity contribution >= 4 is 16.6 Å². The maximum atomic E-state index is 13.5. The lowest BCUT2D eigenvalue weighted by atomic mass is 10.0. The molecule has 2 aliphatic rings. The Hall–Kier alpha value is -3.58. The van der Waals surface area contributed by atoms with Gasteiger partial charge >= 0.3 is 0 Å². The summed E-state index contributed by atoms with van der Waals surface area (Å²) in [6, 6.07) is 14.8. The number of benzene rings is 2. The van der Waals surface area contributed by atoms with Crippen LogP contribution in [0.25, 0.3) is 22.2 Å². The molecule has 0 saturated carbocycles. The van der Waals surface area contributed by atoms with E-state index in [1.807, 2.05) is 12.1 Å². The first-order valence-corrected chi connectivity index (χ1v) is 11.9. The Labute approximate surface area is 196 Å². The van der Waals surface area contributed by atoms with Gasteiger partial charge in [-0.25, -0.2) is 9.37 Å². The highest BCUT2D eigenvalue weighted by molar-refractivity contribution is 5.97. The van der Waals surface area contributed by atoms with Gasteiger partial charge in [-0.2, -0.15) is 0 Å². The second-order valence-corrected chi connectivity index (χ2v) is 9.12. The summed E-state index contributed by atoms with van der Waals surface area (Å²) in [5, 5.41) is 1.14. The van der Waals surface area contributed by atoms with Gasteiger partial charge in [-0.15, -0.1) is 0 Å². The Morgan fingerprint density at radius 3 is 2.68 bits per heavy atom. The number of para-hydroxylation sites is 1. The lowest BCUT2D eigenvalue weighted by molar-refractivity contribution is 0.243. The fraction of sp³-hybridized carbons (Fsp3) is 0.296. The molecule has 0 fully saturated rings. The zero-order chi connectivity index (χ0) is 23.1. The topological polar surface area (TPSA) is 77.1 Å². The van der Waals surface area contributed by atoms with Crippen molar-refractivity contribution in [2.45, 2.75) is 38.8 Å². The van der Waals surface area contributed by atoms with Crippen molar-refractivity contribution in [2.75, 3.05) is 13.1 Å². The minimum atomic E-state index is -0.251. The number of aromatic nitrogens is 3. The van der Waals surface area contributed by atoms with Crippen LogP contribution in [0.4, 0.5) is 4.39 Å². The molecule has 6 nitrogen and oxygen atoms in total. The maximum Gasteiger partial charge on any atom is 0.255 e. The third-order valence-corrected chi connectivity index (χ3v) is 6.87. The number of aliphatic imine (C=N–C) groups is 1. The fourth-order valence-corrected chi connectivity index (χ4v) is 5.09. The number of aromatic amines is 2. The van der Waals surface area contributed by atoms with Crippen LogP contribution in [0.5, 0.6) is 0 Å². The predicted molar refractivity (Wildman–Crippen MR) is 132 cm³/mol. The number of hydrogen-bond acceptors (Lipinski definition) is 4. The van der Waals surface area contributed by atoms with Crippen molar-refractivity contribution in [3.63, 3.8) is 0 Å². The molecule has 172 valence electrons. The molecule has 4 heterocycles. The van der Waals surface area contributed by atoms with Crippen LogP contribution in [0, 0.1) is 5.82 Å². The van der Waals surface area contributed by atoms with Crippen molar-refractivity contribution in [1.29, 1.82) is 0 Å². The molecule has 0 amide bonds. The lowest BCUT2D eigenvalue weighted by Crippen LogP contribution is -2.36. The van der Waals surface area contributed by atoms with Gasteiger partial charge in [0.15, 0.2) is 5.82 Å². The highest BCUT2D eigenvalue weighted by Gasteiger charge is 2.24. The zero-order valence-electron chi connectivity index (χ0n) is 18.9. The van der Waals surface area contributed by atoms with Gasteiger partial charge in [0.25, 0.3) is 5.56 Å². The van der Waals surface area contributed by atoms with Crippen LogP contribution in [0.2, 0.25) is 0 Å². The Morgan fingerprint density at radius 2 is 1.85 bits per heavy atom. The fourth-order valence-electron chi connectivity index (χ4n) is 5.09. The van der Waals surface area contributed by atoms with E-state index in [4.69, 9.17) is 4.98 Å². The molecule has 0 unspecified atom stereocenters. The molecule has 0 spiro atoms. The molecule has 34 heavy (non-hydrogen) atoms. The highest BCUT2D eigenvalue weighted by atomic mass is 19.1. The maximum absolute atomic E-state index is 13.5. The number of nitrogens with zero attached hydrogens (tertiary/aromatic N) is 3. The number of hydrogen-bond donors (Lipinski definition) is 2. The van der Waals surface area contributed by atoms with E-state index in [9.17, 15) is 9.18 Å². The standard InChI is InChI=1S/C27H26FN5O/c28-18-10-8-17(9-11-18)25-20(19-5-1-2-6-22(19)30-25)15-33-14-12-23-21(16-33)27(34)32-26(31-23)24-7-3-4-13-29-24/h1-2,5-6,8-11,30H,3-4,7,12-16H2,(H,31,32,34). The van der Waals surface area contributed by atoms with Crippen LogP contribution in [-0.4, -0.2) is 38.7 Å². The van der Waals surface area contributed by atoms with E-state index in [1.54, 1.807) is 12.1 Å². The Balaban J connectivity index is 1.32. The summed E-state index contributed by atoms with van der Waals surface area (Å²) in [6.07, 6.45) is 3.80. The van der Waals surface area contributed by atoms with Gasteiger partial charge < -0.3 is 9.97 Å². The molecule has 2 N–H and O–H groups in total. The second kappa shape index (κ2) is 8.65. The van der Waals surface area contributed by atoms with Crippen molar-refractivity contribution in [2.24, 2.45) is 4.99 Å². The molecular formula is C27H26FN5O. The Morgan fingerprint density at radius 1 is 1.00 bits per heavy atom. The van der Waals surface area contributed by atoms with E-state index in [-0.39, 0.29) is 11.4 Å². The van der Waals surface area contributed by atoms with Crippen molar-refractivity contribution in [3.8, 4) is 11.3 Å². The van der Waals surface area contributed by atoms with Gasteiger partial charge in [0.05, 0.1) is 22.7 Å². The first-order chi connectivity index (χ1) is 16.7. The molecule has 7 heteroatoms. The van der Waals surface area contributed by atoms with E-state index in [1.165, 1.54) is 12.1 Å². The van der Waals surface area contributed by atoms with Gasteiger partial charge in [-0.3, -0.25) is 14.7 Å².